The molecule has 1 fully saturated rings. The Morgan fingerprint density at radius 1 is 1.31 bits per heavy atom. The molecule has 0 unspecified atom stereocenters. The van der Waals surface area contributed by atoms with Crippen LogP contribution in [0.5, 0.6) is 5.75 Å². The van der Waals surface area contributed by atoms with E-state index in [0.29, 0.717) is 11.4 Å². The molecule has 0 radical (unpaired) electrons. The van der Waals surface area contributed by atoms with Crippen LogP contribution in [0.3, 0.4) is 0 Å². The minimum Gasteiger partial charge on any atom is -0.495 e. The van der Waals surface area contributed by atoms with Gasteiger partial charge in [0.25, 0.3) is 0 Å². The topological polar surface area (TPSA) is 79.7 Å². The summed E-state index contributed by atoms with van der Waals surface area (Å²) < 4.78 is 6.48. The van der Waals surface area contributed by atoms with Gasteiger partial charge >= 0.3 is 5.97 Å². The number of hydrogen-bond donors (Lipinski definition) is 1. The van der Waals surface area contributed by atoms with Gasteiger partial charge in [-0.15, -0.1) is 11.3 Å². The second-order valence-corrected chi connectivity index (χ2v) is 7.15. The summed E-state index contributed by atoms with van der Waals surface area (Å²) in [6, 6.07) is 13.4. The minimum absolute atomic E-state index is 0.00382. The lowest BCUT2D eigenvalue weighted by atomic mass is 10.1. The van der Waals surface area contributed by atoms with Gasteiger partial charge in [0.2, 0.25) is 5.91 Å². The molecule has 2 aromatic carbocycles. The van der Waals surface area contributed by atoms with Crippen molar-refractivity contribution >= 4 is 39.1 Å². The Bertz CT molecular complexity index is 981. The number of carboxylic acids is 1. The molecule has 1 aliphatic rings. The third-order valence-corrected chi connectivity index (χ3v) is 5.57. The number of aliphatic carboxylic acids is 1. The molecule has 1 amide bonds. The quantitative estimate of drug-likeness (QED) is 0.763. The molecule has 3 aromatic rings. The molecule has 0 aliphatic carbocycles. The molecule has 1 aliphatic heterocycles. The maximum atomic E-state index is 12.3. The number of benzene rings is 2. The van der Waals surface area contributed by atoms with Crippen LogP contribution in [0.1, 0.15) is 6.42 Å². The number of para-hydroxylation sites is 1. The Labute approximate surface area is 153 Å². The van der Waals surface area contributed by atoms with Gasteiger partial charge in [0.05, 0.1) is 28.9 Å². The second kappa shape index (κ2) is 6.42. The van der Waals surface area contributed by atoms with Crippen LogP contribution >= 0.6 is 11.3 Å². The fraction of sp³-hybridized carbons (Fsp3) is 0.211. The zero-order chi connectivity index (χ0) is 18.3. The Morgan fingerprint density at radius 3 is 2.81 bits per heavy atom. The zero-order valence-corrected chi connectivity index (χ0v) is 14.8. The number of hydrogen-bond acceptors (Lipinski definition) is 5. The molecule has 6 nitrogen and oxygen atoms in total. The van der Waals surface area contributed by atoms with Crippen molar-refractivity contribution in [2.24, 2.45) is 5.92 Å². The summed E-state index contributed by atoms with van der Waals surface area (Å²) >= 11 is 1.57. The van der Waals surface area contributed by atoms with E-state index in [1.165, 1.54) is 12.0 Å². The van der Waals surface area contributed by atoms with Crippen molar-refractivity contribution in [3.8, 4) is 16.3 Å². The Balaban J connectivity index is 1.76. The third-order valence-electron chi connectivity index (χ3n) is 4.48. The van der Waals surface area contributed by atoms with Crippen molar-refractivity contribution in [2.75, 3.05) is 18.6 Å². The highest BCUT2D eigenvalue weighted by atomic mass is 32.1. The standard InChI is InChI=1S/C19H16N2O4S/c1-25-15-7-6-11(18-20-13-4-2-3-5-16(13)26-18)8-14(15)21-10-12(19(23)24)9-17(21)22/h2-8,12H,9-10H2,1H3,(H,23,24)/t12-/m1/s1. The third kappa shape index (κ3) is 2.80. The van der Waals surface area contributed by atoms with E-state index in [-0.39, 0.29) is 18.9 Å². The fourth-order valence-electron chi connectivity index (χ4n) is 3.14. The van der Waals surface area contributed by atoms with Crippen molar-refractivity contribution in [1.29, 1.82) is 0 Å². The first-order valence-corrected chi connectivity index (χ1v) is 8.95. The summed E-state index contributed by atoms with van der Waals surface area (Å²) in [5.41, 5.74) is 2.37. The molecule has 0 saturated carbocycles. The van der Waals surface area contributed by atoms with Crippen LogP contribution in [0.25, 0.3) is 20.8 Å². The monoisotopic (exact) mass is 368 g/mol. The predicted molar refractivity (Wildman–Crippen MR) is 99.7 cm³/mol. The van der Waals surface area contributed by atoms with Crippen molar-refractivity contribution < 1.29 is 19.4 Å². The number of fused-ring (bicyclic) bond motifs is 1. The molecular formula is C19H16N2O4S. The lowest BCUT2D eigenvalue weighted by molar-refractivity contribution is -0.141. The maximum Gasteiger partial charge on any atom is 0.308 e. The molecule has 4 rings (SSSR count). The van der Waals surface area contributed by atoms with Gasteiger partial charge in [-0.05, 0) is 30.3 Å². The SMILES string of the molecule is COc1ccc(-c2nc3ccccc3s2)cc1N1C[C@H](C(=O)O)CC1=O. The average molecular weight is 368 g/mol. The van der Waals surface area contributed by atoms with Gasteiger partial charge in [0.1, 0.15) is 10.8 Å². The van der Waals surface area contributed by atoms with E-state index in [9.17, 15) is 14.7 Å². The van der Waals surface area contributed by atoms with Gasteiger partial charge in [0.15, 0.2) is 0 Å². The number of aromatic nitrogens is 1. The van der Waals surface area contributed by atoms with E-state index in [1.54, 1.807) is 17.4 Å². The van der Waals surface area contributed by atoms with Crippen LogP contribution in [-0.4, -0.2) is 35.6 Å². The highest BCUT2D eigenvalue weighted by molar-refractivity contribution is 7.21. The fourth-order valence-corrected chi connectivity index (χ4v) is 4.10. The number of methoxy groups -OCH3 is 1. The molecule has 7 heteroatoms. The average Bonchev–Trinajstić information content (AvgIpc) is 3.24. The van der Waals surface area contributed by atoms with Crippen molar-refractivity contribution in [3.63, 3.8) is 0 Å². The van der Waals surface area contributed by atoms with E-state index in [4.69, 9.17) is 4.74 Å². The lowest BCUT2D eigenvalue weighted by Gasteiger charge is -2.20. The molecule has 1 saturated heterocycles. The van der Waals surface area contributed by atoms with Gasteiger partial charge in [-0.1, -0.05) is 12.1 Å². The van der Waals surface area contributed by atoms with Crippen molar-refractivity contribution in [2.45, 2.75) is 6.42 Å². The number of nitrogens with zero attached hydrogens (tertiary/aromatic N) is 2. The van der Waals surface area contributed by atoms with E-state index in [2.05, 4.69) is 4.98 Å². The van der Waals surface area contributed by atoms with E-state index >= 15 is 0 Å². The molecule has 26 heavy (non-hydrogen) atoms. The van der Waals surface area contributed by atoms with Crippen molar-refractivity contribution in [3.05, 3.63) is 42.5 Å². The van der Waals surface area contributed by atoms with Gasteiger partial charge < -0.3 is 14.7 Å². The molecular weight excluding hydrogens is 352 g/mol. The van der Waals surface area contributed by atoms with Crippen LogP contribution in [0.2, 0.25) is 0 Å². The van der Waals surface area contributed by atoms with E-state index in [0.717, 1.165) is 20.8 Å². The highest BCUT2D eigenvalue weighted by Crippen LogP contribution is 2.38. The Hall–Kier alpha value is -2.93. The van der Waals surface area contributed by atoms with Crippen LogP contribution in [-0.2, 0) is 9.59 Å². The molecule has 0 spiro atoms. The summed E-state index contributed by atoms with van der Waals surface area (Å²) in [6.07, 6.45) is 0.00382. The van der Waals surface area contributed by atoms with Crippen LogP contribution in [0, 0.1) is 5.92 Å². The summed E-state index contributed by atoms with van der Waals surface area (Å²) in [4.78, 5) is 29.7. The van der Waals surface area contributed by atoms with Gasteiger partial charge in [-0.25, -0.2) is 4.98 Å². The first-order chi connectivity index (χ1) is 12.6. The number of carbonyl (C=O) groups excluding carboxylic acids is 1. The molecule has 1 atom stereocenters. The number of anilines is 1. The second-order valence-electron chi connectivity index (χ2n) is 6.12. The Kier molecular flexibility index (Phi) is 4.08. The summed E-state index contributed by atoms with van der Waals surface area (Å²) in [6.45, 7) is 0.147. The number of thiazole rings is 1. The number of carbonyl (C=O) groups is 2. The maximum absolute atomic E-state index is 12.3. The lowest BCUT2D eigenvalue weighted by Crippen LogP contribution is -2.26. The summed E-state index contributed by atoms with van der Waals surface area (Å²) in [5, 5.41) is 10.1. The van der Waals surface area contributed by atoms with Crippen LogP contribution in [0.15, 0.2) is 42.5 Å². The summed E-state index contributed by atoms with van der Waals surface area (Å²) in [7, 11) is 1.53. The first-order valence-electron chi connectivity index (χ1n) is 8.14. The van der Waals surface area contributed by atoms with Crippen molar-refractivity contribution in [1.82, 2.24) is 4.98 Å². The smallest absolute Gasteiger partial charge is 0.308 e. The van der Waals surface area contributed by atoms with E-state index < -0.39 is 11.9 Å². The molecule has 2 heterocycles. The molecule has 1 N–H and O–H groups in total. The van der Waals surface area contributed by atoms with Gasteiger partial charge in [-0.2, -0.15) is 0 Å². The number of carboxylic acid groups (broad SMARTS) is 1. The van der Waals surface area contributed by atoms with Gasteiger partial charge in [-0.3, -0.25) is 9.59 Å². The van der Waals surface area contributed by atoms with Gasteiger partial charge in [0, 0.05) is 18.5 Å². The highest BCUT2D eigenvalue weighted by Gasteiger charge is 2.36. The van der Waals surface area contributed by atoms with Crippen LogP contribution in [0.4, 0.5) is 5.69 Å². The van der Waals surface area contributed by atoms with E-state index in [1.807, 2.05) is 36.4 Å². The van der Waals surface area contributed by atoms with Crippen LogP contribution < -0.4 is 9.64 Å². The zero-order valence-electron chi connectivity index (χ0n) is 14.0. The molecule has 132 valence electrons. The predicted octanol–water partition coefficient (Wildman–Crippen LogP) is 3.41. The number of rotatable bonds is 4. The molecule has 0 bridgehead atoms. The Morgan fingerprint density at radius 2 is 2.12 bits per heavy atom. The normalized spacial score (nSPS) is 17.0. The first kappa shape index (κ1) is 16.5. The molecule has 1 aromatic heterocycles. The minimum atomic E-state index is -0.956. The number of ether oxygens (including phenoxy) is 1. The summed E-state index contributed by atoms with van der Waals surface area (Å²) in [5.74, 6) is -1.33. The number of amides is 1. The largest absolute Gasteiger partial charge is 0.495 e.